The maximum absolute atomic E-state index is 11.4. The van der Waals surface area contributed by atoms with Gasteiger partial charge >= 0.3 is 5.69 Å². The first-order valence-corrected chi connectivity index (χ1v) is 5.63. The second-order valence-electron chi connectivity index (χ2n) is 3.63. The van der Waals surface area contributed by atoms with Crippen LogP contribution in [0.15, 0.2) is 12.1 Å². The summed E-state index contributed by atoms with van der Waals surface area (Å²) >= 11 is 0. The van der Waals surface area contributed by atoms with Crippen LogP contribution in [0.25, 0.3) is 0 Å². The van der Waals surface area contributed by atoms with Crippen LogP contribution in [-0.2, 0) is 9.53 Å². The quantitative estimate of drug-likeness (QED) is 0.409. The van der Waals surface area contributed by atoms with Crippen LogP contribution < -0.4 is 10.6 Å². The van der Waals surface area contributed by atoms with Crippen molar-refractivity contribution in [1.29, 1.82) is 5.26 Å². The summed E-state index contributed by atoms with van der Waals surface area (Å²) in [5, 5.41) is 24.7. The maximum Gasteiger partial charge on any atom is 0.305 e. The number of anilines is 1. The van der Waals surface area contributed by atoms with E-state index in [0.717, 1.165) is 6.07 Å². The van der Waals surface area contributed by atoms with Gasteiger partial charge in [0.15, 0.2) is 0 Å². The van der Waals surface area contributed by atoms with Crippen molar-refractivity contribution in [2.75, 3.05) is 32.1 Å². The number of nitrogens with one attached hydrogen (secondary N) is 2. The second kappa shape index (κ2) is 7.65. The van der Waals surface area contributed by atoms with Crippen LogP contribution >= 0.6 is 0 Å². The molecular weight excluding hydrogens is 266 g/mol. The van der Waals surface area contributed by atoms with E-state index < -0.39 is 4.92 Å². The Balaban J connectivity index is 2.59. The third-order valence-corrected chi connectivity index (χ3v) is 2.23. The predicted molar refractivity (Wildman–Crippen MR) is 69.0 cm³/mol. The summed E-state index contributed by atoms with van der Waals surface area (Å²) in [5.74, 6) is -0.0604. The molecule has 0 aliphatic rings. The number of amides is 1. The molecule has 0 aliphatic heterocycles. The third-order valence-electron chi connectivity index (χ3n) is 2.23. The first-order chi connectivity index (χ1) is 9.58. The fourth-order valence-electron chi connectivity index (χ4n) is 1.31. The van der Waals surface area contributed by atoms with Gasteiger partial charge in [-0.3, -0.25) is 14.9 Å². The van der Waals surface area contributed by atoms with E-state index in [1.807, 2.05) is 0 Å². The van der Waals surface area contributed by atoms with Gasteiger partial charge in [0, 0.05) is 19.7 Å². The molecule has 0 spiro atoms. The summed E-state index contributed by atoms with van der Waals surface area (Å²) in [6.45, 7) is 0.730. The van der Waals surface area contributed by atoms with Crippen LogP contribution in [0, 0.1) is 21.4 Å². The van der Waals surface area contributed by atoms with Gasteiger partial charge in [-0.2, -0.15) is 5.26 Å². The highest BCUT2D eigenvalue weighted by molar-refractivity contribution is 5.80. The van der Waals surface area contributed by atoms with Crippen LogP contribution in [0.3, 0.4) is 0 Å². The summed E-state index contributed by atoms with van der Waals surface area (Å²) in [6, 6.07) is 4.14. The Morgan fingerprint density at radius 2 is 2.35 bits per heavy atom. The summed E-state index contributed by atoms with van der Waals surface area (Å²) in [7, 11) is 1.52. The van der Waals surface area contributed by atoms with Gasteiger partial charge in [-0.15, -0.1) is 0 Å². The standard InChI is InChI=1S/C11H13N5O4/c1-20-5-4-13-11(17)7-14-10-3-2-9(16(18)19)8(6-12)15-10/h2-3H,4-5,7H2,1H3,(H,13,17)(H,14,15). The number of ether oxygens (including phenoxy) is 1. The number of nitro groups is 1. The molecule has 106 valence electrons. The van der Waals surface area contributed by atoms with Gasteiger partial charge in [0.05, 0.1) is 18.1 Å². The van der Waals surface area contributed by atoms with Crippen molar-refractivity contribution < 1.29 is 14.5 Å². The van der Waals surface area contributed by atoms with E-state index in [1.54, 1.807) is 6.07 Å². The number of aromatic nitrogens is 1. The molecule has 0 bridgehead atoms. The van der Waals surface area contributed by atoms with Crippen molar-refractivity contribution in [1.82, 2.24) is 10.3 Å². The molecular formula is C11H13N5O4. The lowest BCUT2D eigenvalue weighted by atomic mass is 10.3. The molecule has 0 aliphatic carbocycles. The Bertz CT molecular complexity index is 540. The van der Waals surface area contributed by atoms with Crippen LogP contribution in [0.1, 0.15) is 5.69 Å². The van der Waals surface area contributed by atoms with E-state index in [-0.39, 0.29) is 29.7 Å². The number of carbonyl (C=O) groups excluding carboxylic acids is 1. The van der Waals surface area contributed by atoms with E-state index in [4.69, 9.17) is 10.00 Å². The summed E-state index contributed by atoms with van der Waals surface area (Å²) in [4.78, 5) is 25.1. The van der Waals surface area contributed by atoms with Crippen LogP contribution in [0.5, 0.6) is 0 Å². The van der Waals surface area contributed by atoms with E-state index in [9.17, 15) is 14.9 Å². The first kappa shape index (κ1) is 15.3. The highest BCUT2D eigenvalue weighted by Crippen LogP contribution is 2.17. The average Bonchev–Trinajstić information content (AvgIpc) is 2.44. The molecule has 0 atom stereocenters. The molecule has 0 aromatic carbocycles. The van der Waals surface area contributed by atoms with Crippen molar-refractivity contribution in [2.45, 2.75) is 0 Å². The molecule has 0 saturated heterocycles. The number of nitriles is 1. The van der Waals surface area contributed by atoms with Gasteiger partial charge in [0.1, 0.15) is 11.9 Å². The predicted octanol–water partition coefficient (Wildman–Crippen LogP) is 0.0360. The molecule has 2 N–H and O–H groups in total. The fraction of sp³-hybridized carbons (Fsp3) is 0.364. The minimum absolute atomic E-state index is 0.0562. The second-order valence-corrected chi connectivity index (χ2v) is 3.63. The first-order valence-electron chi connectivity index (χ1n) is 5.63. The molecule has 20 heavy (non-hydrogen) atoms. The fourth-order valence-corrected chi connectivity index (χ4v) is 1.31. The Kier molecular flexibility index (Phi) is 5.86. The van der Waals surface area contributed by atoms with Crippen molar-refractivity contribution in [2.24, 2.45) is 0 Å². The average molecular weight is 279 g/mol. The summed E-state index contributed by atoms with van der Waals surface area (Å²) in [6.07, 6.45) is 0. The van der Waals surface area contributed by atoms with Gasteiger partial charge < -0.3 is 15.4 Å². The highest BCUT2D eigenvalue weighted by Gasteiger charge is 2.15. The lowest BCUT2D eigenvalue weighted by molar-refractivity contribution is -0.385. The summed E-state index contributed by atoms with van der Waals surface area (Å²) in [5.41, 5.74) is -0.678. The minimum atomic E-state index is -0.688. The number of rotatable bonds is 7. The molecule has 1 heterocycles. The normalized spacial score (nSPS) is 9.60. The third kappa shape index (κ3) is 4.51. The smallest absolute Gasteiger partial charge is 0.305 e. The van der Waals surface area contributed by atoms with Gasteiger partial charge in [0.25, 0.3) is 0 Å². The Morgan fingerprint density at radius 1 is 1.60 bits per heavy atom. The monoisotopic (exact) mass is 279 g/mol. The van der Waals surface area contributed by atoms with Crippen molar-refractivity contribution in [3.8, 4) is 6.07 Å². The Labute approximate surface area is 114 Å². The Hall–Kier alpha value is -2.73. The molecule has 1 aromatic rings. The van der Waals surface area contributed by atoms with Gasteiger partial charge in [-0.25, -0.2) is 4.98 Å². The zero-order valence-electron chi connectivity index (χ0n) is 10.8. The Morgan fingerprint density at radius 3 is 2.95 bits per heavy atom. The molecule has 0 unspecified atom stereocenters. The molecule has 9 nitrogen and oxygen atoms in total. The molecule has 0 fully saturated rings. The topological polar surface area (TPSA) is 130 Å². The van der Waals surface area contributed by atoms with Gasteiger partial charge in [-0.1, -0.05) is 0 Å². The lowest BCUT2D eigenvalue weighted by Gasteiger charge is -2.07. The highest BCUT2D eigenvalue weighted by atomic mass is 16.6. The maximum atomic E-state index is 11.4. The molecule has 9 heteroatoms. The van der Waals surface area contributed by atoms with Crippen LogP contribution in [0.4, 0.5) is 11.5 Å². The molecule has 1 rings (SSSR count). The minimum Gasteiger partial charge on any atom is -0.383 e. The number of hydrogen-bond acceptors (Lipinski definition) is 7. The lowest BCUT2D eigenvalue weighted by Crippen LogP contribution is -2.32. The SMILES string of the molecule is COCCNC(=O)CNc1ccc([N+](=O)[O-])c(C#N)n1. The van der Waals surface area contributed by atoms with E-state index in [2.05, 4.69) is 15.6 Å². The van der Waals surface area contributed by atoms with Crippen LogP contribution in [0.2, 0.25) is 0 Å². The van der Waals surface area contributed by atoms with E-state index >= 15 is 0 Å². The largest absolute Gasteiger partial charge is 0.383 e. The summed E-state index contributed by atoms with van der Waals surface area (Å²) < 4.78 is 4.77. The number of carbonyl (C=O) groups is 1. The van der Waals surface area contributed by atoms with Crippen molar-refractivity contribution in [3.05, 3.63) is 27.9 Å². The van der Waals surface area contributed by atoms with Gasteiger partial charge in [0.2, 0.25) is 11.6 Å². The van der Waals surface area contributed by atoms with Crippen molar-refractivity contribution >= 4 is 17.4 Å². The number of nitrogens with zero attached hydrogens (tertiary/aromatic N) is 3. The molecule has 1 aromatic heterocycles. The molecule has 0 saturated carbocycles. The molecule has 1 amide bonds. The number of pyridine rings is 1. The number of hydrogen-bond donors (Lipinski definition) is 2. The molecule has 0 radical (unpaired) electrons. The number of methoxy groups -OCH3 is 1. The van der Waals surface area contributed by atoms with Crippen molar-refractivity contribution in [3.63, 3.8) is 0 Å². The van der Waals surface area contributed by atoms with Crippen LogP contribution in [-0.4, -0.2) is 42.6 Å². The van der Waals surface area contributed by atoms with E-state index in [0.29, 0.717) is 13.2 Å². The van der Waals surface area contributed by atoms with E-state index in [1.165, 1.54) is 13.2 Å². The van der Waals surface area contributed by atoms with Gasteiger partial charge in [-0.05, 0) is 6.07 Å². The zero-order valence-corrected chi connectivity index (χ0v) is 10.8. The zero-order chi connectivity index (χ0) is 15.0.